The lowest BCUT2D eigenvalue weighted by Gasteiger charge is -2.22. The number of carbonyl (C=O) groups is 2. The first kappa shape index (κ1) is 16.0. The lowest BCUT2D eigenvalue weighted by atomic mass is 9.94. The molecule has 110 valence electrons. The lowest BCUT2D eigenvalue weighted by molar-refractivity contribution is -0.142. The number of aliphatic carboxylic acids is 1. The molecule has 0 spiro atoms. The maximum atomic E-state index is 11.8. The molecule has 1 fully saturated rings. The van der Waals surface area contributed by atoms with E-state index in [1.807, 2.05) is 13.8 Å². The highest BCUT2D eigenvalue weighted by atomic mass is 16.5. The Morgan fingerprint density at radius 2 is 1.95 bits per heavy atom. The summed E-state index contributed by atoms with van der Waals surface area (Å²) in [5.41, 5.74) is 0. The number of rotatable bonds is 7. The molecular formula is C14H25NO4. The zero-order chi connectivity index (χ0) is 14.3. The van der Waals surface area contributed by atoms with Gasteiger partial charge in [-0.25, -0.2) is 4.79 Å². The molecule has 0 aromatic carbocycles. The third-order valence-corrected chi connectivity index (χ3v) is 3.46. The Morgan fingerprint density at radius 3 is 2.47 bits per heavy atom. The molecule has 0 radical (unpaired) electrons. The highest BCUT2D eigenvalue weighted by Crippen LogP contribution is 2.19. The Hall–Kier alpha value is -1.10. The molecular weight excluding hydrogens is 246 g/mol. The molecule has 1 amide bonds. The Morgan fingerprint density at radius 1 is 1.32 bits per heavy atom. The third kappa shape index (κ3) is 6.57. The normalized spacial score (nSPS) is 18.3. The summed E-state index contributed by atoms with van der Waals surface area (Å²) in [6, 6.07) is -0.762. The van der Waals surface area contributed by atoms with Gasteiger partial charge in [-0.05, 0) is 37.5 Å². The quantitative estimate of drug-likeness (QED) is 0.740. The van der Waals surface area contributed by atoms with E-state index in [-0.39, 0.29) is 11.8 Å². The van der Waals surface area contributed by atoms with Crippen molar-refractivity contribution in [1.82, 2.24) is 5.32 Å². The van der Waals surface area contributed by atoms with Crippen molar-refractivity contribution in [2.24, 2.45) is 11.8 Å². The second-order valence-electron chi connectivity index (χ2n) is 5.68. The predicted octanol–water partition coefficient (Wildman–Crippen LogP) is 1.81. The molecule has 5 nitrogen and oxygen atoms in total. The van der Waals surface area contributed by atoms with E-state index in [9.17, 15) is 9.59 Å². The van der Waals surface area contributed by atoms with E-state index in [1.54, 1.807) is 0 Å². The monoisotopic (exact) mass is 271 g/mol. The van der Waals surface area contributed by atoms with Gasteiger partial charge in [-0.1, -0.05) is 13.8 Å². The van der Waals surface area contributed by atoms with E-state index in [0.717, 1.165) is 32.5 Å². The number of hydrogen-bond donors (Lipinski definition) is 2. The van der Waals surface area contributed by atoms with Gasteiger partial charge in [-0.2, -0.15) is 0 Å². The minimum atomic E-state index is -0.951. The molecule has 19 heavy (non-hydrogen) atoms. The minimum absolute atomic E-state index is 0.153. The van der Waals surface area contributed by atoms with Crippen molar-refractivity contribution in [2.45, 2.75) is 52.0 Å². The number of carboxylic acids is 1. The van der Waals surface area contributed by atoms with Crippen molar-refractivity contribution in [1.29, 1.82) is 0 Å². The molecule has 1 unspecified atom stereocenters. The van der Waals surface area contributed by atoms with Crippen LogP contribution >= 0.6 is 0 Å². The average Bonchev–Trinajstić information content (AvgIpc) is 2.36. The first-order valence-electron chi connectivity index (χ1n) is 7.09. The molecule has 5 heteroatoms. The Labute approximate surface area is 114 Å². The van der Waals surface area contributed by atoms with E-state index in [2.05, 4.69) is 5.32 Å². The number of carbonyl (C=O) groups excluding carboxylic acids is 1. The smallest absolute Gasteiger partial charge is 0.326 e. The van der Waals surface area contributed by atoms with E-state index in [0.29, 0.717) is 18.8 Å². The van der Waals surface area contributed by atoms with Crippen LogP contribution in [0.25, 0.3) is 0 Å². The molecule has 1 aliphatic rings. The highest BCUT2D eigenvalue weighted by molar-refractivity contribution is 5.83. The fourth-order valence-electron chi connectivity index (χ4n) is 2.33. The Bertz CT molecular complexity index is 298. The number of hydrogen-bond acceptors (Lipinski definition) is 3. The van der Waals surface area contributed by atoms with E-state index < -0.39 is 12.0 Å². The highest BCUT2D eigenvalue weighted by Gasteiger charge is 2.22. The van der Waals surface area contributed by atoms with Crippen LogP contribution in [0.5, 0.6) is 0 Å². The summed E-state index contributed by atoms with van der Waals surface area (Å²) in [5.74, 6) is -0.322. The van der Waals surface area contributed by atoms with Crippen LogP contribution in [-0.2, 0) is 14.3 Å². The number of nitrogens with one attached hydrogen (secondary N) is 1. The molecule has 1 atom stereocenters. The van der Waals surface area contributed by atoms with Gasteiger partial charge in [0.15, 0.2) is 0 Å². The number of amides is 1. The van der Waals surface area contributed by atoms with Crippen molar-refractivity contribution < 1.29 is 19.4 Å². The molecule has 0 aromatic rings. The predicted molar refractivity (Wildman–Crippen MR) is 71.8 cm³/mol. The van der Waals surface area contributed by atoms with Gasteiger partial charge in [0.05, 0.1) is 0 Å². The fraction of sp³-hybridized carbons (Fsp3) is 0.857. The average molecular weight is 271 g/mol. The summed E-state index contributed by atoms with van der Waals surface area (Å²) in [7, 11) is 0. The molecule has 0 bridgehead atoms. The fourth-order valence-corrected chi connectivity index (χ4v) is 2.33. The number of carboxylic acid groups (broad SMARTS) is 1. The van der Waals surface area contributed by atoms with Gasteiger partial charge in [-0.15, -0.1) is 0 Å². The SMILES string of the molecule is CC(C)CC(NC(=O)CCC1CCOCC1)C(=O)O. The van der Waals surface area contributed by atoms with Gasteiger partial charge < -0.3 is 15.2 Å². The molecule has 1 heterocycles. The first-order valence-corrected chi connectivity index (χ1v) is 7.09. The topological polar surface area (TPSA) is 75.6 Å². The maximum absolute atomic E-state index is 11.8. The van der Waals surface area contributed by atoms with Crippen molar-refractivity contribution in [3.05, 3.63) is 0 Å². The second-order valence-corrected chi connectivity index (χ2v) is 5.68. The van der Waals surface area contributed by atoms with E-state index in [4.69, 9.17) is 9.84 Å². The lowest BCUT2D eigenvalue weighted by Crippen LogP contribution is -2.41. The Kier molecular flexibility index (Phi) is 6.84. The summed E-state index contributed by atoms with van der Waals surface area (Å²) in [4.78, 5) is 22.8. The molecule has 0 aromatic heterocycles. The third-order valence-electron chi connectivity index (χ3n) is 3.46. The van der Waals surface area contributed by atoms with Gasteiger partial charge in [-0.3, -0.25) is 4.79 Å². The van der Waals surface area contributed by atoms with Crippen LogP contribution < -0.4 is 5.32 Å². The molecule has 1 rings (SSSR count). The zero-order valence-electron chi connectivity index (χ0n) is 11.9. The molecule has 0 saturated carbocycles. The van der Waals surface area contributed by atoms with Crippen LogP contribution in [0, 0.1) is 11.8 Å². The van der Waals surface area contributed by atoms with Crippen molar-refractivity contribution in [3.8, 4) is 0 Å². The standard InChI is InChI=1S/C14H25NO4/c1-10(2)9-12(14(17)18)15-13(16)4-3-11-5-7-19-8-6-11/h10-12H,3-9H2,1-2H3,(H,15,16)(H,17,18). The minimum Gasteiger partial charge on any atom is -0.480 e. The van der Waals surface area contributed by atoms with E-state index >= 15 is 0 Å². The van der Waals surface area contributed by atoms with Crippen molar-refractivity contribution in [2.75, 3.05) is 13.2 Å². The van der Waals surface area contributed by atoms with E-state index in [1.165, 1.54) is 0 Å². The van der Waals surface area contributed by atoms with Crippen LogP contribution in [-0.4, -0.2) is 36.2 Å². The van der Waals surface area contributed by atoms with Crippen LogP contribution in [0.15, 0.2) is 0 Å². The van der Waals surface area contributed by atoms with Crippen LogP contribution in [0.2, 0.25) is 0 Å². The second kappa shape index (κ2) is 8.15. The summed E-state index contributed by atoms with van der Waals surface area (Å²) in [5, 5.41) is 11.7. The van der Waals surface area contributed by atoms with Crippen LogP contribution in [0.1, 0.15) is 46.0 Å². The summed E-state index contributed by atoms with van der Waals surface area (Å²) >= 11 is 0. The number of ether oxygens (including phenoxy) is 1. The zero-order valence-corrected chi connectivity index (χ0v) is 11.9. The van der Waals surface area contributed by atoms with Gasteiger partial charge in [0.1, 0.15) is 6.04 Å². The molecule has 0 aliphatic carbocycles. The van der Waals surface area contributed by atoms with Crippen molar-refractivity contribution >= 4 is 11.9 Å². The summed E-state index contributed by atoms with van der Waals surface area (Å²) in [6.45, 7) is 5.45. The van der Waals surface area contributed by atoms with Crippen LogP contribution in [0.3, 0.4) is 0 Å². The van der Waals surface area contributed by atoms with Gasteiger partial charge in [0, 0.05) is 19.6 Å². The first-order chi connectivity index (χ1) is 8.99. The van der Waals surface area contributed by atoms with Crippen LogP contribution in [0.4, 0.5) is 0 Å². The summed E-state index contributed by atoms with van der Waals surface area (Å²) in [6.07, 6.45) is 3.71. The van der Waals surface area contributed by atoms with Crippen molar-refractivity contribution in [3.63, 3.8) is 0 Å². The van der Waals surface area contributed by atoms with Gasteiger partial charge >= 0.3 is 5.97 Å². The van der Waals surface area contributed by atoms with Gasteiger partial charge in [0.25, 0.3) is 0 Å². The largest absolute Gasteiger partial charge is 0.480 e. The van der Waals surface area contributed by atoms with Gasteiger partial charge in [0.2, 0.25) is 5.91 Å². The summed E-state index contributed by atoms with van der Waals surface area (Å²) < 4.78 is 5.27. The molecule has 2 N–H and O–H groups in total. The Balaban J connectivity index is 2.29. The maximum Gasteiger partial charge on any atom is 0.326 e. The molecule has 1 saturated heterocycles. The molecule has 1 aliphatic heterocycles.